The first-order chi connectivity index (χ1) is 21.6. The number of carbonyl (C=O) groups is 1. The van der Waals surface area contributed by atoms with Crippen molar-refractivity contribution in [3.63, 3.8) is 0 Å². The molecule has 6 rings (SSSR count). The summed E-state index contributed by atoms with van der Waals surface area (Å²) in [6, 6.07) is 7.56. The average molecular weight is 621 g/mol. The Morgan fingerprint density at radius 1 is 1.07 bits per heavy atom. The number of carbonyl (C=O) groups excluding carboxylic acids is 1. The summed E-state index contributed by atoms with van der Waals surface area (Å²) in [6.07, 6.45) is -0.140. The third-order valence-corrected chi connectivity index (χ3v) is 8.63. The van der Waals surface area contributed by atoms with Crippen molar-refractivity contribution in [2.24, 2.45) is 0 Å². The maximum Gasteiger partial charge on any atom is 0.416 e. The molecule has 1 unspecified atom stereocenters. The fourth-order valence-electron chi connectivity index (χ4n) is 6.20. The normalized spacial score (nSPS) is 17.8. The van der Waals surface area contributed by atoms with Crippen LogP contribution >= 0.6 is 0 Å². The van der Waals surface area contributed by atoms with Gasteiger partial charge < -0.3 is 20.1 Å². The molecule has 1 aromatic carbocycles. The van der Waals surface area contributed by atoms with E-state index in [-0.39, 0.29) is 42.3 Å². The molecule has 0 radical (unpaired) electrons. The van der Waals surface area contributed by atoms with Crippen LogP contribution in [0.5, 0.6) is 0 Å². The summed E-state index contributed by atoms with van der Waals surface area (Å²) in [5.41, 5.74) is 2.28. The number of halogens is 3. The number of aromatic amines is 1. The fourth-order valence-corrected chi connectivity index (χ4v) is 6.20. The van der Waals surface area contributed by atoms with Gasteiger partial charge in [0.15, 0.2) is 5.43 Å². The van der Waals surface area contributed by atoms with Crippen LogP contribution in [0, 0.1) is 0 Å². The number of pyridine rings is 2. The molecule has 0 spiro atoms. The van der Waals surface area contributed by atoms with Gasteiger partial charge in [-0.15, -0.1) is 0 Å². The van der Waals surface area contributed by atoms with Crippen LogP contribution in [0.3, 0.4) is 0 Å². The van der Waals surface area contributed by atoms with Gasteiger partial charge in [0, 0.05) is 64.0 Å². The van der Waals surface area contributed by atoms with Gasteiger partial charge in [-0.2, -0.15) is 13.2 Å². The first-order valence-electron chi connectivity index (χ1n) is 15.1. The molecule has 5 heterocycles. The van der Waals surface area contributed by atoms with Crippen molar-refractivity contribution >= 4 is 28.4 Å². The number of piperazine rings is 1. The van der Waals surface area contributed by atoms with Gasteiger partial charge in [-0.3, -0.25) is 19.5 Å². The quantitative estimate of drug-likeness (QED) is 0.315. The maximum absolute atomic E-state index is 14.1. The van der Waals surface area contributed by atoms with E-state index >= 15 is 0 Å². The Labute approximate surface area is 258 Å². The zero-order valence-electron chi connectivity index (χ0n) is 25.2. The third kappa shape index (κ3) is 6.69. The first kappa shape index (κ1) is 30.7. The van der Waals surface area contributed by atoms with Crippen LogP contribution in [-0.2, 0) is 30.5 Å². The number of H-pyrrole nitrogens is 1. The van der Waals surface area contributed by atoms with Gasteiger partial charge in [-0.05, 0) is 35.4 Å². The second kappa shape index (κ2) is 12.6. The Hall–Kier alpha value is -4.36. The summed E-state index contributed by atoms with van der Waals surface area (Å²) in [5, 5.41) is 3.46. The molecule has 2 aliphatic heterocycles. The van der Waals surface area contributed by atoms with Crippen molar-refractivity contribution in [1.82, 2.24) is 34.6 Å². The monoisotopic (exact) mass is 620 g/mol. The Morgan fingerprint density at radius 3 is 2.60 bits per heavy atom. The zero-order valence-corrected chi connectivity index (χ0v) is 25.2. The van der Waals surface area contributed by atoms with E-state index in [9.17, 15) is 22.8 Å². The highest BCUT2D eigenvalue weighted by molar-refractivity contribution is 5.87. The smallest absolute Gasteiger partial charge is 0.346 e. The van der Waals surface area contributed by atoms with Gasteiger partial charge in [0.1, 0.15) is 23.2 Å². The van der Waals surface area contributed by atoms with E-state index in [0.29, 0.717) is 34.6 Å². The largest absolute Gasteiger partial charge is 0.416 e. The standard InChI is InChI=1S/C32H35F3N8O2/c1-3-41-8-10-42(11-9-41)17-22-5-4-21(12-25(22)32(33,34)35)13-27(45)43-16-20(2)29-23(18-43)14-24(15-37-29)40-31-28-26(44)6-7-36-30(28)38-19-39-31/h4-7,12,14-15,19-20H,3,8-11,13,16-18H2,1-2H3,(H2,36,38,39,40,44). The van der Waals surface area contributed by atoms with Crippen molar-refractivity contribution in [2.75, 3.05) is 44.6 Å². The topological polar surface area (TPSA) is 110 Å². The first-order valence-corrected chi connectivity index (χ1v) is 15.1. The van der Waals surface area contributed by atoms with E-state index in [0.717, 1.165) is 50.0 Å². The fraction of sp³-hybridized carbons (Fsp3) is 0.406. The van der Waals surface area contributed by atoms with Crippen molar-refractivity contribution in [3.05, 3.63) is 87.2 Å². The lowest BCUT2D eigenvalue weighted by molar-refractivity contribution is -0.138. The minimum Gasteiger partial charge on any atom is -0.346 e. The molecule has 1 fully saturated rings. The Morgan fingerprint density at radius 2 is 1.84 bits per heavy atom. The number of aromatic nitrogens is 4. The van der Waals surface area contributed by atoms with Crippen LogP contribution in [0.15, 0.2) is 53.8 Å². The minimum atomic E-state index is -4.52. The lowest BCUT2D eigenvalue weighted by Crippen LogP contribution is -2.45. The van der Waals surface area contributed by atoms with Crippen LogP contribution in [0.2, 0.25) is 0 Å². The molecule has 10 nitrogen and oxygen atoms in total. The lowest BCUT2D eigenvalue weighted by Gasteiger charge is -2.34. The number of nitrogens with zero attached hydrogens (tertiary/aromatic N) is 6. The van der Waals surface area contributed by atoms with Gasteiger partial charge in [-0.1, -0.05) is 26.0 Å². The number of fused-ring (bicyclic) bond motifs is 2. The number of nitrogens with one attached hydrogen (secondary N) is 2. The summed E-state index contributed by atoms with van der Waals surface area (Å²) < 4.78 is 42.4. The molecule has 0 aliphatic carbocycles. The van der Waals surface area contributed by atoms with Gasteiger partial charge in [0.05, 0.1) is 29.6 Å². The Kier molecular flexibility index (Phi) is 8.56. The molecule has 1 saturated heterocycles. The minimum absolute atomic E-state index is 0.0734. The second-order valence-electron chi connectivity index (χ2n) is 11.7. The molecule has 2 aliphatic rings. The van der Waals surface area contributed by atoms with E-state index < -0.39 is 11.7 Å². The number of amides is 1. The molecule has 45 heavy (non-hydrogen) atoms. The molecular formula is C32H35F3N8O2. The highest BCUT2D eigenvalue weighted by Gasteiger charge is 2.35. The van der Waals surface area contributed by atoms with E-state index in [1.165, 1.54) is 24.7 Å². The van der Waals surface area contributed by atoms with Gasteiger partial charge in [-0.25, -0.2) is 9.97 Å². The van der Waals surface area contributed by atoms with Gasteiger partial charge in [0.2, 0.25) is 5.91 Å². The van der Waals surface area contributed by atoms with Crippen LogP contribution in [0.25, 0.3) is 11.0 Å². The number of benzene rings is 1. The molecule has 0 saturated carbocycles. The number of hydrogen-bond acceptors (Lipinski definition) is 8. The molecule has 1 atom stereocenters. The van der Waals surface area contributed by atoms with E-state index in [4.69, 9.17) is 0 Å². The summed E-state index contributed by atoms with van der Waals surface area (Å²) in [7, 11) is 0. The lowest BCUT2D eigenvalue weighted by atomic mass is 9.95. The predicted molar refractivity (Wildman–Crippen MR) is 164 cm³/mol. The van der Waals surface area contributed by atoms with Crippen molar-refractivity contribution < 1.29 is 18.0 Å². The van der Waals surface area contributed by atoms with E-state index in [2.05, 4.69) is 42.0 Å². The average Bonchev–Trinajstić information content (AvgIpc) is 3.01. The van der Waals surface area contributed by atoms with Crippen LogP contribution < -0.4 is 10.7 Å². The Bertz CT molecular complexity index is 1760. The number of rotatable bonds is 7. The SMILES string of the molecule is CCN1CCN(Cc2ccc(CC(=O)N3Cc4cc(Nc5ncnc6[nH]ccc(=O)c56)cnc4C(C)C3)cc2C(F)(F)F)CC1. The van der Waals surface area contributed by atoms with Crippen LogP contribution in [0.4, 0.5) is 24.7 Å². The molecule has 2 N–H and O–H groups in total. The number of alkyl halides is 3. The number of hydrogen-bond donors (Lipinski definition) is 2. The molecular weight excluding hydrogens is 585 g/mol. The number of anilines is 2. The van der Waals surface area contributed by atoms with Gasteiger partial charge in [0.25, 0.3) is 0 Å². The highest BCUT2D eigenvalue weighted by Crippen LogP contribution is 2.34. The molecule has 236 valence electrons. The Balaban J connectivity index is 1.17. The predicted octanol–water partition coefficient (Wildman–Crippen LogP) is 4.30. The molecule has 13 heteroatoms. The van der Waals surface area contributed by atoms with Gasteiger partial charge >= 0.3 is 6.18 Å². The third-order valence-electron chi connectivity index (χ3n) is 8.63. The van der Waals surface area contributed by atoms with Crippen LogP contribution in [-0.4, -0.2) is 79.8 Å². The number of likely N-dealkylation sites (N-methyl/N-ethyl adjacent to an activating group) is 1. The van der Waals surface area contributed by atoms with Crippen LogP contribution in [0.1, 0.15) is 47.7 Å². The maximum atomic E-state index is 14.1. The van der Waals surface area contributed by atoms with Crippen molar-refractivity contribution in [3.8, 4) is 0 Å². The molecule has 3 aromatic heterocycles. The summed E-state index contributed by atoms with van der Waals surface area (Å²) in [6.45, 7) is 9.00. The highest BCUT2D eigenvalue weighted by atomic mass is 19.4. The zero-order chi connectivity index (χ0) is 31.7. The van der Waals surface area contributed by atoms with E-state index in [1.54, 1.807) is 17.2 Å². The molecule has 4 aromatic rings. The second-order valence-corrected chi connectivity index (χ2v) is 11.7. The van der Waals surface area contributed by atoms with Crippen molar-refractivity contribution in [2.45, 2.75) is 45.5 Å². The van der Waals surface area contributed by atoms with E-state index in [1.807, 2.05) is 13.0 Å². The van der Waals surface area contributed by atoms with Crippen molar-refractivity contribution in [1.29, 1.82) is 0 Å². The summed E-state index contributed by atoms with van der Waals surface area (Å²) in [4.78, 5) is 47.8. The summed E-state index contributed by atoms with van der Waals surface area (Å²) in [5.74, 6) is -0.000889. The molecule has 0 bridgehead atoms. The summed E-state index contributed by atoms with van der Waals surface area (Å²) >= 11 is 0. The molecule has 1 amide bonds.